The quantitative estimate of drug-likeness (QED) is 0.0488. The van der Waals surface area contributed by atoms with Crippen molar-refractivity contribution in [3.63, 3.8) is 0 Å². The fourth-order valence-electron chi connectivity index (χ4n) is 8.07. The van der Waals surface area contributed by atoms with Crippen LogP contribution in [0, 0.1) is 17.8 Å². The maximum absolute atomic E-state index is 14.1. The van der Waals surface area contributed by atoms with Gasteiger partial charge in [0.2, 0.25) is 17.7 Å². The molecule has 1 saturated heterocycles. The number of amides is 6. The number of rotatable bonds is 23. The molecule has 60 heavy (non-hydrogen) atoms. The van der Waals surface area contributed by atoms with E-state index in [1.807, 2.05) is 69.3 Å². The molecule has 0 radical (unpaired) electrons. The first-order valence-corrected chi connectivity index (χ1v) is 22.0. The second kappa shape index (κ2) is 23.3. The van der Waals surface area contributed by atoms with Crippen LogP contribution in [0.5, 0.6) is 0 Å². The average Bonchev–Trinajstić information content (AvgIpc) is 3.82. The second-order valence-corrected chi connectivity index (χ2v) is 17.1. The third-order valence-electron chi connectivity index (χ3n) is 11.6. The van der Waals surface area contributed by atoms with Gasteiger partial charge in [-0.3, -0.25) is 38.6 Å². The van der Waals surface area contributed by atoms with Gasteiger partial charge in [0.05, 0.1) is 60.4 Å². The van der Waals surface area contributed by atoms with Crippen molar-refractivity contribution < 1.29 is 43.1 Å². The maximum Gasteiger partial charge on any atom is 0.285 e. The number of ether oxygens (including phenoxy) is 2. The van der Waals surface area contributed by atoms with Crippen LogP contribution in [0.25, 0.3) is 0 Å². The van der Waals surface area contributed by atoms with Gasteiger partial charge in [0, 0.05) is 53.3 Å². The number of halogens is 1. The molecule has 3 N–H and O–H groups in total. The third kappa shape index (κ3) is 12.1. The smallest absolute Gasteiger partial charge is 0.285 e. The zero-order valence-electron chi connectivity index (χ0n) is 36.0. The number of hydrogen-bond donors (Lipinski definition) is 3. The van der Waals surface area contributed by atoms with Gasteiger partial charge in [-0.2, -0.15) is 0 Å². The molecule has 1 unspecified atom stereocenters. The summed E-state index contributed by atoms with van der Waals surface area (Å²) in [5.41, 5.74) is 1.61. The molecule has 0 bridgehead atoms. The lowest BCUT2D eigenvalue weighted by molar-refractivity contribution is -0.146. The van der Waals surface area contributed by atoms with Gasteiger partial charge in [-0.1, -0.05) is 53.2 Å². The number of benzene rings is 1. The van der Waals surface area contributed by atoms with Crippen LogP contribution in [-0.2, 0) is 39.9 Å². The minimum absolute atomic E-state index is 0.00294. The number of hydroxylamine groups is 2. The van der Waals surface area contributed by atoms with Crippen molar-refractivity contribution in [1.29, 1.82) is 0 Å². The first kappa shape index (κ1) is 48.6. The molecule has 8 atom stereocenters. The number of pyridine rings is 1. The summed E-state index contributed by atoms with van der Waals surface area (Å²) in [4.78, 5) is 93.1. The van der Waals surface area contributed by atoms with Gasteiger partial charge < -0.3 is 35.2 Å². The van der Waals surface area contributed by atoms with Gasteiger partial charge in [-0.15, -0.1) is 5.06 Å². The van der Waals surface area contributed by atoms with E-state index in [2.05, 4.69) is 20.9 Å². The summed E-state index contributed by atoms with van der Waals surface area (Å²) in [6.07, 6.45) is 5.07. The lowest BCUT2D eigenvalue weighted by Crippen LogP contribution is -2.57. The molecule has 3 heterocycles. The highest BCUT2D eigenvalue weighted by atomic mass is 127. The van der Waals surface area contributed by atoms with Crippen LogP contribution in [0.4, 0.5) is 0 Å². The van der Waals surface area contributed by atoms with Gasteiger partial charge >= 0.3 is 0 Å². The standard InChI is InChI=1S/C43H62IN7O9/c1-9-27(4)36(33(58-7)25-34(52)50-23-12-15-32(50)37(59-8)28(5)39(53)47-21-18-29-16-19-45-20-17-29)49(6)43(57)38(44)48-40(54)35(26(2)3)46-22-24-60-51-41(55)30-13-10-11-14-31(30)42(51)56/h10-11,13-14,16-17,19-20,26-28,32-33,35-38,46H,9,12,15,18,21-25H2,1-8H3,(H,47,53)(H,48,54)/t27-,28+,32-,33+,35-,36?,37+,38+/m0/s1. The molecule has 2 aliphatic rings. The molecule has 2 aliphatic heterocycles. The Morgan fingerprint density at radius 1 is 0.950 bits per heavy atom. The van der Waals surface area contributed by atoms with Crippen LogP contribution in [0.3, 0.4) is 0 Å². The molecule has 1 fully saturated rings. The summed E-state index contributed by atoms with van der Waals surface area (Å²) in [6.45, 7) is 10.6. The Bertz CT molecular complexity index is 1750. The van der Waals surface area contributed by atoms with Crippen LogP contribution >= 0.6 is 22.6 Å². The summed E-state index contributed by atoms with van der Waals surface area (Å²) in [5, 5.41) is 9.71. The van der Waals surface area contributed by atoms with Gasteiger partial charge in [-0.05, 0) is 83.5 Å². The number of methoxy groups -OCH3 is 2. The van der Waals surface area contributed by atoms with E-state index in [0.29, 0.717) is 32.4 Å². The molecule has 6 amide bonds. The Morgan fingerprint density at radius 3 is 2.18 bits per heavy atom. The molecule has 16 nitrogen and oxygen atoms in total. The van der Waals surface area contributed by atoms with Crippen LogP contribution in [0.15, 0.2) is 48.8 Å². The number of carbonyl (C=O) groups excluding carboxylic acids is 6. The van der Waals surface area contributed by atoms with E-state index in [4.69, 9.17) is 14.3 Å². The van der Waals surface area contributed by atoms with Gasteiger partial charge in [0.25, 0.3) is 17.7 Å². The highest BCUT2D eigenvalue weighted by Crippen LogP contribution is 2.30. The predicted molar refractivity (Wildman–Crippen MR) is 233 cm³/mol. The third-order valence-corrected chi connectivity index (χ3v) is 12.4. The zero-order chi connectivity index (χ0) is 44.1. The van der Waals surface area contributed by atoms with Crippen LogP contribution < -0.4 is 16.0 Å². The van der Waals surface area contributed by atoms with Crippen molar-refractivity contribution in [2.45, 2.75) is 101 Å². The normalized spacial score (nSPS) is 18.7. The fourth-order valence-corrected chi connectivity index (χ4v) is 8.81. The number of imide groups is 1. The summed E-state index contributed by atoms with van der Waals surface area (Å²) in [7, 11) is 4.76. The first-order valence-electron chi connectivity index (χ1n) is 20.7. The number of aromatic nitrogens is 1. The molecule has 2 aromatic rings. The van der Waals surface area contributed by atoms with E-state index < -0.39 is 52.0 Å². The summed E-state index contributed by atoms with van der Waals surface area (Å²) < 4.78 is 10.9. The maximum atomic E-state index is 14.1. The van der Waals surface area contributed by atoms with E-state index in [1.54, 1.807) is 60.6 Å². The largest absolute Gasteiger partial charge is 0.379 e. The SMILES string of the molecule is CC[C@H](C)C([C@@H](CC(=O)N1CCC[C@H]1[C@H](OC)[C@@H](C)C(=O)NCCc1ccncc1)OC)N(C)C(=O)[C@H](I)NC(=O)[C@@H](NCCON1C(=O)c2ccccc2C1=O)C(C)C. The summed E-state index contributed by atoms with van der Waals surface area (Å²) in [6, 6.07) is 8.77. The Morgan fingerprint density at radius 2 is 1.60 bits per heavy atom. The molecule has 1 aromatic heterocycles. The number of nitrogens with one attached hydrogen (secondary N) is 3. The fraction of sp³-hybridized carbons (Fsp3) is 0.605. The van der Waals surface area contributed by atoms with Crippen molar-refractivity contribution in [2.75, 3.05) is 47.5 Å². The molecule has 0 spiro atoms. The number of likely N-dealkylation sites (N-methyl/N-ethyl adjacent to an activating group) is 1. The zero-order valence-corrected chi connectivity index (χ0v) is 38.2. The molecule has 0 saturated carbocycles. The minimum Gasteiger partial charge on any atom is -0.379 e. The van der Waals surface area contributed by atoms with E-state index >= 15 is 0 Å². The van der Waals surface area contributed by atoms with E-state index in [0.717, 1.165) is 17.0 Å². The van der Waals surface area contributed by atoms with E-state index in [1.165, 1.54) is 7.11 Å². The number of hydrogen-bond acceptors (Lipinski definition) is 11. The Hall–Kier alpha value is -4.04. The first-order chi connectivity index (χ1) is 28.7. The van der Waals surface area contributed by atoms with Crippen LogP contribution in [-0.4, -0.2) is 137 Å². The lowest BCUT2D eigenvalue weighted by Gasteiger charge is -2.40. The molecular weight excluding hydrogens is 885 g/mol. The molecule has 330 valence electrons. The Kier molecular flexibility index (Phi) is 18.8. The summed E-state index contributed by atoms with van der Waals surface area (Å²) >= 11 is 1.90. The number of fused-ring (bicyclic) bond motifs is 1. The minimum atomic E-state index is -0.944. The predicted octanol–water partition coefficient (Wildman–Crippen LogP) is 3.38. The monoisotopic (exact) mass is 947 g/mol. The molecule has 17 heteroatoms. The number of alkyl halides is 1. The van der Waals surface area contributed by atoms with Crippen molar-refractivity contribution in [3.8, 4) is 0 Å². The lowest BCUT2D eigenvalue weighted by atomic mass is 9.90. The Balaban J connectivity index is 1.34. The number of carbonyl (C=O) groups is 6. The van der Waals surface area contributed by atoms with Crippen molar-refractivity contribution >= 4 is 58.0 Å². The topological polar surface area (TPSA) is 189 Å². The summed E-state index contributed by atoms with van der Waals surface area (Å²) in [5.74, 6) is -2.91. The van der Waals surface area contributed by atoms with Crippen molar-refractivity contribution in [1.82, 2.24) is 35.8 Å². The van der Waals surface area contributed by atoms with Crippen LogP contribution in [0.2, 0.25) is 0 Å². The highest BCUT2D eigenvalue weighted by molar-refractivity contribution is 14.1. The van der Waals surface area contributed by atoms with Crippen molar-refractivity contribution in [3.05, 3.63) is 65.5 Å². The molecule has 1 aromatic carbocycles. The Labute approximate surface area is 367 Å². The molecule has 4 rings (SSSR count). The number of likely N-dealkylation sites (tertiary alicyclic amines) is 1. The van der Waals surface area contributed by atoms with Gasteiger partial charge in [0.15, 0.2) is 4.05 Å². The van der Waals surface area contributed by atoms with Gasteiger partial charge in [-0.25, -0.2) is 0 Å². The van der Waals surface area contributed by atoms with Crippen LogP contribution in [0.1, 0.15) is 86.6 Å². The van der Waals surface area contributed by atoms with E-state index in [9.17, 15) is 28.8 Å². The van der Waals surface area contributed by atoms with Crippen molar-refractivity contribution in [2.24, 2.45) is 17.8 Å². The van der Waals surface area contributed by atoms with Gasteiger partial charge in [0.1, 0.15) is 0 Å². The molecular formula is C43H62IN7O9. The highest BCUT2D eigenvalue weighted by Gasteiger charge is 2.43. The second-order valence-electron chi connectivity index (χ2n) is 15.8. The average molecular weight is 948 g/mol. The molecule has 0 aliphatic carbocycles. The number of nitrogens with zero attached hydrogens (tertiary/aromatic N) is 4. The van der Waals surface area contributed by atoms with E-state index in [-0.39, 0.29) is 66.3 Å².